The van der Waals surface area contributed by atoms with E-state index in [1.54, 1.807) is 48.5 Å². The Bertz CT molecular complexity index is 1020. The highest BCUT2D eigenvalue weighted by atomic mass is 32.2. The Morgan fingerprint density at radius 2 is 1.74 bits per heavy atom. The van der Waals surface area contributed by atoms with Crippen molar-refractivity contribution >= 4 is 27.6 Å². The van der Waals surface area contributed by atoms with Gasteiger partial charge in [-0.3, -0.25) is 4.79 Å². The van der Waals surface area contributed by atoms with E-state index in [2.05, 4.69) is 5.32 Å². The van der Waals surface area contributed by atoms with Crippen LogP contribution in [0.4, 0.5) is 5.69 Å². The zero-order valence-corrected chi connectivity index (χ0v) is 18.7. The van der Waals surface area contributed by atoms with Gasteiger partial charge in [-0.05, 0) is 62.6 Å². The van der Waals surface area contributed by atoms with Crippen molar-refractivity contribution in [2.75, 3.05) is 18.5 Å². The first-order valence-corrected chi connectivity index (χ1v) is 11.9. The lowest BCUT2D eigenvalue weighted by Gasteiger charge is -2.33. The third-order valence-corrected chi connectivity index (χ3v) is 7.13. The standard InChI is InChI=1S/C23H28N2O5S/c1-3-16-30-23(27)18-9-11-19(12-10-18)24-22(26)21-6-4-5-15-25(21)31(28,29)20-13-7-17(2)8-14-20/h7-14,21H,3-6,15-16H2,1-2H3,(H,24,26). The van der Waals surface area contributed by atoms with Gasteiger partial charge in [0.1, 0.15) is 6.04 Å². The number of aryl methyl sites for hydroxylation is 1. The SMILES string of the molecule is CCCOC(=O)c1ccc(NC(=O)C2CCCCN2S(=O)(=O)c2ccc(C)cc2)cc1. The maximum Gasteiger partial charge on any atom is 0.338 e. The Morgan fingerprint density at radius 1 is 1.06 bits per heavy atom. The number of rotatable bonds is 7. The number of carbonyl (C=O) groups excluding carboxylic acids is 2. The van der Waals surface area contributed by atoms with Crippen molar-refractivity contribution in [1.82, 2.24) is 4.31 Å². The van der Waals surface area contributed by atoms with E-state index in [4.69, 9.17) is 4.74 Å². The van der Waals surface area contributed by atoms with Gasteiger partial charge in [0.2, 0.25) is 15.9 Å². The number of hydrogen-bond acceptors (Lipinski definition) is 5. The van der Waals surface area contributed by atoms with Gasteiger partial charge in [-0.25, -0.2) is 13.2 Å². The lowest BCUT2D eigenvalue weighted by atomic mass is 10.0. The van der Waals surface area contributed by atoms with Crippen LogP contribution in [0.2, 0.25) is 0 Å². The third kappa shape index (κ3) is 5.51. The van der Waals surface area contributed by atoms with Gasteiger partial charge in [-0.2, -0.15) is 4.31 Å². The van der Waals surface area contributed by atoms with Crippen LogP contribution in [0.15, 0.2) is 53.4 Å². The number of hydrogen-bond donors (Lipinski definition) is 1. The molecule has 2 aromatic carbocycles. The summed E-state index contributed by atoms with van der Waals surface area (Å²) in [5, 5.41) is 2.79. The first kappa shape index (κ1) is 23.0. The minimum Gasteiger partial charge on any atom is -0.462 e. The molecule has 1 N–H and O–H groups in total. The molecule has 1 aliphatic heterocycles. The molecular weight excluding hydrogens is 416 g/mol. The lowest BCUT2D eigenvalue weighted by molar-refractivity contribution is -0.120. The molecule has 1 atom stereocenters. The predicted molar refractivity (Wildman–Crippen MR) is 118 cm³/mol. The van der Waals surface area contributed by atoms with E-state index in [9.17, 15) is 18.0 Å². The molecule has 1 aliphatic rings. The van der Waals surface area contributed by atoms with Gasteiger partial charge in [0.05, 0.1) is 17.1 Å². The fourth-order valence-corrected chi connectivity index (χ4v) is 5.15. The van der Waals surface area contributed by atoms with Gasteiger partial charge in [0.15, 0.2) is 0 Å². The van der Waals surface area contributed by atoms with Crippen LogP contribution < -0.4 is 5.32 Å². The zero-order chi connectivity index (χ0) is 22.4. The van der Waals surface area contributed by atoms with Crippen LogP contribution in [0.25, 0.3) is 0 Å². The van der Waals surface area contributed by atoms with E-state index in [-0.39, 0.29) is 10.8 Å². The number of anilines is 1. The number of carbonyl (C=O) groups is 2. The van der Waals surface area contributed by atoms with Crippen molar-refractivity contribution in [2.24, 2.45) is 0 Å². The highest BCUT2D eigenvalue weighted by molar-refractivity contribution is 7.89. The van der Waals surface area contributed by atoms with Gasteiger partial charge in [0, 0.05) is 12.2 Å². The highest BCUT2D eigenvalue weighted by Gasteiger charge is 2.37. The minimum absolute atomic E-state index is 0.188. The molecule has 1 unspecified atom stereocenters. The molecule has 0 radical (unpaired) electrons. The third-order valence-electron chi connectivity index (χ3n) is 5.21. The molecule has 0 spiro atoms. The smallest absolute Gasteiger partial charge is 0.338 e. The second-order valence-corrected chi connectivity index (χ2v) is 9.53. The highest BCUT2D eigenvalue weighted by Crippen LogP contribution is 2.26. The van der Waals surface area contributed by atoms with Crippen molar-refractivity contribution < 1.29 is 22.7 Å². The van der Waals surface area contributed by atoms with Crippen LogP contribution in [-0.2, 0) is 19.6 Å². The molecule has 8 heteroatoms. The molecule has 31 heavy (non-hydrogen) atoms. The first-order valence-electron chi connectivity index (χ1n) is 10.5. The Balaban J connectivity index is 1.73. The summed E-state index contributed by atoms with van der Waals surface area (Å²) in [5.74, 6) is -0.793. The molecule has 7 nitrogen and oxygen atoms in total. The summed E-state index contributed by atoms with van der Waals surface area (Å²) < 4.78 is 32.7. The maximum atomic E-state index is 13.2. The quantitative estimate of drug-likeness (QED) is 0.657. The largest absolute Gasteiger partial charge is 0.462 e. The number of piperidine rings is 1. The summed E-state index contributed by atoms with van der Waals surface area (Å²) in [5.41, 5.74) is 1.86. The van der Waals surface area contributed by atoms with Gasteiger partial charge in [-0.15, -0.1) is 0 Å². The van der Waals surface area contributed by atoms with Crippen LogP contribution in [0.3, 0.4) is 0 Å². The van der Waals surface area contributed by atoms with Crippen LogP contribution in [0.5, 0.6) is 0 Å². The zero-order valence-electron chi connectivity index (χ0n) is 17.8. The van der Waals surface area contributed by atoms with E-state index < -0.39 is 22.0 Å². The molecule has 0 aromatic heterocycles. The van der Waals surface area contributed by atoms with Gasteiger partial charge >= 0.3 is 5.97 Å². The lowest BCUT2D eigenvalue weighted by Crippen LogP contribution is -2.49. The summed E-state index contributed by atoms with van der Waals surface area (Å²) in [7, 11) is -3.78. The maximum absolute atomic E-state index is 13.2. The molecule has 166 valence electrons. The molecule has 1 amide bonds. The van der Waals surface area contributed by atoms with Crippen molar-refractivity contribution in [3.05, 3.63) is 59.7 Å². The molecule has 1 saturated heterocycles. The van der Waals surface area contributed by atoms with E-state index in [0.717, 1.165) is 18.4 Å². The van der Waals surface area contributed by atoms with Gasteiger partial charge in [-0.1, -0.05) is 31.0 Å². The molecule has 0 bridgehead atoms. The number of nitrogens with zero attached hydrogens (tertiary/aromatic N) is 1. The molecular formula is C23H28N2O5S. The summed E-state index contributed by atoms with van der Waals surface area (Å²) in [6, 6.07) is 12.2. The molecule has 2 aromatic rings. The van der Waals surface area contributed by atoms with E-state index in [1.807, 2.05) is 13.8 Å². The normalized spacial score (nSPS) is 17.2. The number of amides is 1. The number of ether oxygens (including phenoxy) is 1. The minimum atomic E-state index is -3.78. The summed E-state index contributed by atoms with van der Waals surface area (Å²) in [6.45, 7) is 4.46. The van der Waals surface area contributed by atoms with E-state index >= 15 is 0 Å². The van der Waals surface area contributed by atoms with Crippen molar-refractivity contribution in [1.29, 1.82) is 0 Å². The Morgan fingerprint density at radius 3 is 2.39 bits per heavy atom. The average Bonchev–Trinajstić information content (AvgIpc) is 2.78. The fraction of sp³-hybridized carbons (Fsp3) is 0.391. The monoisotopic (exact) mass is 444 g/mol. The van der Waals surface area contributed by atoms with Crippen LogP contribution in [-0.4, -0.2) is 43.8 Å². The Labute approximate surface area is 183 Å². The topological polar surface area (TPSA) is 92.8 Å². The average molecular weight is 445 g/mol. The second kappa shape index (κ2) is 10.1. The van der Waals surface area contributed by atoms with E-state index in [1.165, 1.54) is 4.31 Å². The molecule has 0 saturated carbocycles. The molecule has 0 aliphatic carbocycles. The number of benzene rings is 2. The number of sulfonamides is 1. The number of nitrogens with one attached hydrogen (secondary N) is 1. The van der Waals surface area contributed by atoms with Crippen molar-refractivity contribution in [2.45, 2.75) is 50.5 Å². The second-order valence-electron chi connectivity index (χ2n) is 7.64. The van der Waals surface area contributed by atoms with Crippen molar-refractivity contribution in [3.8, 4) is 0 Å². The molecule has 1 fully saturated rings. The molecule has 3 rings (SSSR count). The number of esters is 1. The fourth-order valence-electron chi connectivity index (χ4n) is 3.49. The van der Waals surface area contributed by atoms with Gasteiger partial charge in [0.25, 0.3) is 0 Å². The first-order chi connectivity index (χ1) is 14.8. The van der Waals surface area contributed by atoms with Crippen LogP contribution in [0.1, 0.15) is 48.5 Å². The van der Waals surface area contributed by atoms with Crippen molar-refractivity contribution in [3.63, 3.8) is 0 Å². The van der Waals surface area contributed by atoms with Gasteiger partial charge < -0.3 is 10.1 Å². The van der Waals surface area contributed by atoms with Crippen LogP contribution in [0, 0.1) is 6.92 Å². The Kier molecular flexibility index (Phi) is 7.46. The summed E-state index contributed by atoms with van der Waals surface area (Å²) in [6.07, 6.45) is 2.69. The Hall–Kier alpha value is -2.71. The van der Waals surface area contributed by atoms with Crippen LogP contribution >= 0.6 is 0 Å². The summed E-state index contributed by atoms with van der Waals surface area (Å²) in [4.78, 5) is 25.1. The predicted octanol–water partition coefficient (Wildman–Crippen LogP) is 3.74. The van der Waals surface area contributed by atoms with E-state index in [0.29, 0.717) is 37.2 Å². The summed E-state index contributed by atoms with van der Waals surface area (Å²) >= 11 is 0. The molecule has 1 heterocycles.